The van der Waals surface area contributed by atoms with E-state index in [2.05, 4.69) is 34.3 Å². The molecule has 25 heavy (non-hydrogen) atoms. The Labute approximate surface area is 157 Å². The van der Waals surface area contributed by atoms with Crippen LogP contribution in [0.3, 0.4) is 0 Å². The number of rotatable bonds is 17. The maximum Gasteiger partial charge on any atom is 0.333 e. The average molecular weight is 353 g/mol. The van der Waals surface area contributed by atoms with Gasteiger partial charge in [0.2, 0.25) is 0 Å². The lowest BCUT2D eigenvalue weighted by molar-refractivity contribution is -0.139. The first-order chi connectivity index (χ1) is 11.9. The summed E-state index contributed by atoms with van der Waals surface area (Å²) in [6.07, 6.45) is 15.6. The van der Waals surface area contributed by atoms with E-state index in [9.17, 15) is 4.79 Å². The highest BCUT2D eigenvalue weighted by molar-refractivity contribution is 5.87. The zero-order valence-corrected chi connectivity index (χ0v) is 17.6. The minimum absolute atomic E-state index is 0.181. The zero-order chi connectivity index (χ0) is 18.9. The smallest absolute Gasteiger partial charge is 0.333 e. The third-order valence-electron chi connectivity index (χ3n) is 4.71. The van der Waals surface area contributed by atoms with Crippen molar-refractivity contribution < 1.29 is 9.53 Å². The van der Waals surface area contributed by atoms with Crippen LogP contribution in [0.15, 0.2) is 12.2 Å². The first-order valence-corrected chi connectivity index (χ1v) is 10.8. The van der Waals surface area contributed by atoms with E-state index in [1.807, 2.05) is 0 Å². The van der Waals surface area contributed by atoms with Crippen molar-refractivity contribution in [3.05, 3.63) is 12.2 Å². The van der Waals surface area contributed by atoms with Crippen LogP contribution in [-0.4, -0.2) is 12.6 Å². The van der Waals surface area contributed by atoms with Gasteiger partial charge in [0.1, 0.15) is 0 Å². The number of esters is 1. The molecule has 0 aromatic heterocycles. The van der Waals surface area contributed by atoms with E-state index in [1.54, 1.807) is 0 Å². The fourth-order valence-corrected chi connectivity index (χ4v) is 2.98. The summed E-state index contributed by atoms with van der Waals surface area (Å²) in [6.45, 7) is 13.6. The van der Waals surface area contributed by atoms with Crippen LogP contribution in [0.1, 0.15) is 111 Å². The molecule has 0 aliphatic carbocycles. The summed E-state index contributed by atoms with van der Waals surface area (Å²) in [4.78, 5) is 11.9. The Morgan fingerprint density at radius 2 is 1.16 bits per heavy atom. The van der Waals surface area contributed by atoms with Crippen molar-refractivity contribution in [3.63, 3.8) is 0 Å². The largest absolute Gasteiger partial charge is 0.462 e. The molecule has 2 nitrogen and oxygen atoms in total. The summed E-state index contributed by atoms with van der Waals surface area (Å²) >= 11 is 0. The van der Waals surface area contributed by atoms with Crippen LogP contribution in [0.2, 0.25) is 0 Å². The van der Waals surface area contributed by atoms with Gasteiger partial charge < -0.3 is 4.74 Å². The number of hydrogen-bond donors (Lipinski definition) is 0. The molecule has 2 heteroatoms. The van der Waals surface area contributed by atoms with Crippen molar-refractivity contribution in [3.8, 4) is 0 Å². The Kier molecular flexibility index (Phi) is 16.1. The molecule has 0 unspecified atom stereocenters. The Morgan fingerprint density at radius 1 is 0.720 bits per heavy atom. The van der Waals surface area contributed by atoms with Crippen LogP contribution in [0.5, 0.6) is 0 Å². The summed E-state index contributed by atoms with van der Waals surface area (Å²) in [5.41, 5.74) is 0.652. The number of hydrogen-bond acceptors (Lipinski definition) is 2. The lowest BCUT2D eigenvalue weighted by Gasteiger charge is -2.08. The van der Waals surface area contributed by atoms with Gasteiger partial charge in [-0.25, -0.2) is 4.79 Å². The quantitative estimate of drug-likeness (QED) is 0.154. The molecule has 0 amide bonds. The average Bonchev–Trinajstić information content (AvgIpc) is 2.55. The van der Waals surface area contributed by atoms with Crippen molar-refractivity contribution >= 4 is 5.97 Å². The van der Waals surface area contributed by atoms with E-state index in [-0.39, 0.29) is 5.97 Å². The molecule has 0 rings (SSSR count). The van der Waals surface area contributed by atoms with E-state index < -0.39 is 0 Å². The van der Waals surface area contributed by atoms with E-state index in [0.717, 1.165) is 37.5 Å². The lowest BCUT2D eigenvalue weighted by atomic mass is 10.0. The normalized spacial score (nSPS) is 11.3. The molecule has 0 atom stereocenters. The Bertz CT molecular complexity index is 331. The van der Waals surface area contributed by atoms with Crippen molar-refractivity contribution in [2.45, 2.75) is 111 Å². The monoisotopic (exact) mass is 352 g/mol. The highest BCUT2D eigenvalue weighted by Gasteiger charge is 2.08. The standard InChI is InChI=1S/C23H44O2/c1-20(2)16-12-8-6-10-14-18-22(5)23(24)25-19-15-11-7-9-13-17-21(3)4/h20-21H,5-19H2,1-4H3. The summed E-state index contributed by atoms with van der Waals surface area (Å²) in [7, 11) is 0. The second-order valence-electron chi connectivity index (χ2n) is 8.39. The molecule has 0 heterocycles. The van der Waals surface area contributed by atoms with Gasteiger partial charge in [0, 0.05) is 5.57 Å². The predicted octanol–water partition coefficient (Wildman–Crippen LogP) is 7.47. The summed E-state index contributed by atoms with van der Waals surface area (Å²) in [5, 5.41) is 0. The molecular weight excluding hydrogens is 308 g/mol. The third kappa shape index (κ3) is 17.8. The van der Waals surface area contributed by atoms with Crippen LogP contribution in [0.25, 0.3) is 0 Å². The number of carbonyl (C=O) groups is 1. The molecule has 0 aromatic carbocycles. The van der Waals surface area contributed by atoms with Gasteiger partial charge in [-0.1, -0.05) is 98.5 Å². The fourth-order valence-electron chi connectivity index (χ4n) is 2.98. The Hall–Kier alpha value is -0.790. The molecule has 0 aliphatic rings. The minimum atomic E-state index is -0.181. The molecular formula is C23H44O2. The van der Waals surface area contributed by atoms with Crippen molar-refractivity contribution in [2.24, 2.45) is 11.8 Å². The molecule has 0 saturated carbocycles. The van der Waals surface area contributed by atoms with Gasteiger partial charge in [0.05, 0.1) is 6.61 Å². The second-order valence-corrected chi connectivity index (χ2v) is 8.39. The van der Waals surface area contributed by atoms with E-state index in [1.165, 1.54) is 57.8 Å². The molecule has 0 aliphatic heterocycles. The van der Waals surface area contributed by atoms with Crippen LogP contribution in [0, 0.1) is 11.8 Å². The molecule has 0 saturated heterocycles. The Morgan fingerprint density at radius 3 is 1.68 bits per heavy atom. The van der Waals surface area contributed by atoms with Crippen LogP contribution < -0.4 is 0 Å². The molecule has 0 aromatic rings. The summed E-state index contributed by atoms with van der Waals surface area (Å²) < 4.78 is 5.33. The summed E-state index contributed by atoms with van der Waals surface area (Å²) in [5.74, 6) is 1.45. The van der Waals surface area contributed by atoms with Gasteiger partial charge in [0.15, 0.2) is 0 Å². The van der Waals surface area contributed by atoms with Crippen LogP contribution >= 0.6 is 0 Å². The van der Waals surface area contributed by atoms with E-state index in [4.69, 9.17) is 4.74 Å². The van der Waals surface area contributed by atoms with Gasteiger partial charge >= 0.3 is 5.97 Å². The SMILES string of the molecule is C=C(CCCCCCCC(C)C)C(=O)OCCCCCCCC(C)C. The number of ether oxygens (including phenoxy) is 1. The first-order valence-electron chi connectivity index (χ1n) is 10.8. The maximum absolute atomic E-state index is 11.9. The van der Waals surface area contributed by atoms with Crippen molar-refractivity contribution in [1.82, 2.24) is 0 Å². The van der Waals surface area contributed by atoms with Gasteiger partial charge in [-0.2, -0.15) is 0 Å². The van der Waals surface area contributed by atoms with Crippen LogP contribution in [-0.2, 0) is 9.53 Å². The van der Waals surface area contributed by atoms with Gasteiger partial charge in [0.25, 0.3) is 0 Å². The minimum Gasteiger partial charge on any atom is -0.462 e. The molecule has 0 bridgehead atoms. The first kappa shape index (κ1) is 24.2. The fraction of sp³-hybridized carbons (Fsp3) is 0.870. The second kappa shape index (κ2) is 16.7. The van der Waals surface area contributed by atoms with Crippen molar-refractivity contribution in [1.29, 1.82) is 0 Å². The highest BCUT2D eigenvalue weighted by atomic mass is 16.5. The molecule has 0 fully saturated rings. The van der Waals surface area contributed by atoms with Gasteiger partial charge in [-0.15, -0.1) is 0 Å². The van der Waals surface area contributed by atoms with Gasteiger partial charge in [-0.3, -0.25) is 0 Å². The van der Waals surface area contributed by atoms with Crippen molar-refractivity contribution in [2.75, 3.05) is 6.61 Å². The molecule has 0 radical (unpaired) electrons. The molecule has 0 spiro atoms. The third-order valence-corrected chi connectivity index (χ3v) is 4.71. The molecule has 0 N–H and O–H groups in total. The van der Waals surface area contributed by atoms with Gasteiger partial charge in [-0.05, 0) is 31.1 Å². The van der Waals surface area contributed by atoms with Crippen LogP contribution in [0.4, 0.5) is 0 Å². The topological polar surface area (TPSA) is 26.3 Å². The van der Waals surface area contributed by atoms with E-state index in [0.29, 0.717) is 12.2 Å². The number of carbonyl (C=O) groups excluding carboxylic acids is 1. The zero-order valence-electron chi connectivity index (χ0n) is 17.6. The maximum atomic E-state index is 11.9. The highest BCUT2D eigenvalue weighted by Crippen LogP contribution is 2.14. The Balaban J connectivity index is 3.40. The summed E-state index contributed by atoms with van der Waals surface area (Å²) in [6, 6.07) is 0. The number of unbranched alkanes of at least 4 members (excludes halogenated alkanes) is 8. The predicted molar refractivity (Wildman–Crippen MR) is 110 cm³/mol. The molecule has 148 valence electrons. The van der Waals surface area contributed by atoms with E-state index >= 15 is 0 Å². The lowest BCUT2D eigenvalue weighted by Crippen LogP contribution is -2.08.